The molecular formula is C15H29N3O3. The third-order valence-electron chi connectivity index (χ3n) is 4.03. The molecule has 1 aliphatic carbocycles. The van der Waals surface area contributed by atoms with Crippen LogP contribution in [-0.2, 0) is 9.47 Å². The molecule has 122 valence electrons. The van der Waals surface area contributed by atoms with Crippen molar-refractivity contribution in [2.24, 2.45) is 0 Å². The van der Waals surface area contributed by atoms with Gasteiger partial charge >= 0.3 is 6.03 Å². The van der Waals surface area contributed by atoms with Gasteiger partial charge in [-0.1, -0.05) is 0 Å². The van der Waals surface area contributed by atoms with Crippen LogP contribution in [0.5, 0.6) is 0 Å². The zero-order valence-corrected chi connectivity index (χ0v) is 13.5. The Balaban J connectivity index is 1.68. The summed E-state index contributed by atoms with van der Waals surface area (Å²) < 4.78 is 10.8. The molecule has 0 bridgehead atoms. The van der Waals surface area contributed by atoms with E-state index in [1.807, 2.05) is 18.7 Å². The van der Waals surface area contributed by atoms with Crippen molar-refractivity contribution in [1.29, 1.82) is 0 Å². The lowest BCUT2D eigenvalue weighted by Crippen LogP contribution is -2.52. The molecule has 2 rings (SSSR count). The van der Waals surface area contributed by atoms with Crippen molar-refractivity contribution in [3.05, 3.63) is 0 Å². The van der Waals surface area contributed by atoms with Gasteiger partial charge in [-0.15, -0.1) is 0 Å². The molecule has 2 amide bonds. The molecule has 0 radical (unpaired) electrons. The maximum atomic E-state index is 12.2. The minimum absolute atomic E-state index is 0.0273. The number of hydrogen-bond acceptors (Lipinski definition) is 4. The van der Waals surface area contributed by atoms with Gasteiger partial charge in [0, 0.05) is 45.9 Å². The fourth-order valence-corrected chi connectivity index (χ4v) is 2.89. The van der Waals surface area contributed by atoms with E-state index in [0.29, 0.717) is 25.7 Å². The summed E-state index contributed by atoms with van der Waals surface area (Å²) >= 11 is 0. The van der Waals surface area contributed by atoms with Gasteiger partial charge < -0.3 is 19.7 Å². The van der Waals surface area contributed by atoms with E-state index in [-0.39, 0.29) is 18.2 Å². The molecule has 1 N–H and O–H groups in total. The Morgan fingerprint density at radius 2 is 1.95 bits per heavy atom. The number of methoxy groups -OCH3 is 1. The van der Waals surface area contributed by atoms with E-state index < -0.39 is 0 Å². The van der Waals surface area contributed by atoms with Crippen LogP contribution in [0.1, 0.15) is 26.7 Å². The standard InChI is InChI=1S/C15H29N3O3/c1-12-10-18(11-13(2)21-12)15(19)16-6-7-17(8-9-20-3)14-4-5-14/h12-14H,4-11H2,1-3H3,(H,16,19)/t12-,13+. The molecule has 0 aromatic heterocycles. The van der Waals surface area contributed by atoms with E-state index >= 15 is 0 Å². The Kier molecular flexibility index (Phi) is 6.26. The van der Waals surface area contributed by atoms with E-state index in [9.17, 15) is 4.79 Å². The Bertz CT molecular complexity index is 326. The minimum Gasteiger partial charge on any atom is -0.383 e. The number of urea groups is 1. The fraction of sp³-hybridized carbons (Fsp3) is 0.933. The molecule has 1 heterocycles. The van der Waals surface area contributed by atoms with Gasteiger partial charge in [-0.3, -0.25) is 4.90 Å². The lowest BCUT2D eigenvalue weighted by atomic mass is 10.2. The van der Waals surface area contributed by atoms with Crippen LogP contribution in [0.2, 0.25) is 0 Å². The third-order valence-corrected chi connectivity index (χ3v) is 4.03. The lowest BCUT2D eigenvalue weighted by molar-refractivity contribution is -0.0545. The monoisotopic (exact) mass is 299 g/mol. The van der Waals surface area contributed by atoms with Crippen molar-refractivity contribution in [1.82, 2.24) is 15.1 Å². The van der Waals surface area contributed by atoms with Crippen molar-refractivity contribution in [2.75, 3.05) is 46.4 Å². The van der Waals surface area contributed by atoms with Crippen molar-refractivity contribution in [2.45, 2.75) is 44.9 Å². The summed E-state index contributed by atoms with van der Waals surface area (Å²) in [4.78, 5) is 16.5. The van der Waals surface area contributed by atoms with Gasteiger partial charge in [-0.2, -0.15) is 0 Å². The topological polar surface area (TPSA) is 54.0 Å². The van der Waals surface area contributed by atoms with Crippen LogP contribution in [0, 0.1) is 0 Å². The first-order valence-electron chi connectivity index (χ1n) is 8.01. The number of amides is 2. The van der Waals surface area contributed by atoms with Crippen LogP contribution in [-0.4, -0.2) is 80.5 Å². The highest BCUT2D eigenvalue weighted by Crippen LogP contribution is 2.25. The van der Waals surface area contributed by atoms with Gasteiger partial charge in [0.05, 0.1) is 18.8 Å². The first kappa shape index (κ1) is 16.5. The molecule has 2 fully saturated rings. The maximum Gasteiger partial charge on any atom is 0.317 e. The van der Waals surface area contributed by atoms with Crippen LogP contribution in [0.4, 0.5) is 4.79 Å². The second-order valence-corrected chi connectivity index (χ2v) is 6.15. The number of nitrogens with one attached hydrogen (secondary N) is 1. The first-order valence-corrected chi connectivity index (χ1v) is 8.01. The maximum absolute atomic E-state index is 12.2. The lowest BCUT2D eigenvalue weighted by Gasteiger charge is -2.35. The molecule has 2 atom stereocenters. The van der Waals surface area contributed by atoms with Gasteiger partial charge in [0.15, 0.2) is 0 Å². The van der Waals surface area contributed by atoms with Crippen LogP contribution < -0.4 is 5.32 Å². The number of nitrogens with zero attached hydrogens (tertiary/aromatic N) is 2. The minimum atomic E-state index is 0.0273. The molecule has 1 saturated carbocycles. The highest BCUT2D eigenvalue weighted by molar-refractivity contribution is 5.74. The number of morpholine rings is 1. The van der Waals surface area contributed by atoms with E-state index in [4.69, 9.17) is 9.47 Å². The zero-order valence-electron chi connectivity index (χ0n) is 13.5. The van der Waals surface area contributed by atoms with Crippen LogP contribution >= 0.6 is 0 Å². The van der Waals surface area contributed by atoms with Crippen molar-refractivity contribution in [3.8, 4) is 0 Å². The SMILES string of the molecule is COCCN(CCNC(=O)N1C[C@@H](C)O[C@@H](C)C1)C1CC1. The summed E-state index contributed by atoms with van der Waals surface area (Å²) in [5.41, 5.74) is 0. The summed E-state index contributed by atoms with van der Waals surface area (Å²) in [6, 6.07) is 0.722. The summed E-state index contributed by atoms with van der Waals surface area (Å²) in [7, 11) is 1.73. The summed E-state index contributed by atoms with van der Waals surface area (Å²) in [5.74, 6) is 0. The molecular weight excluding hydrogens is 270 g/mol. The quantitative estimate of drug-likeness (QED) is 0.759. The first-order chi connectivity index (χ1) is 10.1. The van der Waals surface area contributed by atoms with Crippen molar-refractivity contribution >= 4 is 6.03 Å². The predicted octanol–water partition coefficient (Wildman–Crippen LogP) is 0.916. The molecule has 0 aromatic carbocycles. The van der Waals surface area contributed by atoms with Gasteiger partial charge in [0.25, 0.3) is 0 Å². The van der Waals surface area contributed by atoms with Gasteiger partial charge in [-0.05, 0) is 26.7 Å². The number of carbonyl (C=O) groups excluding carboxylic acids is 1. The molecule has 0 spiro atoms. The average molecular weight is 299 g/mol. The molecule has 1 saturated heterocycles. The average Bonchev–Trinajstić information content (AvgIpc) is 3.25. The second-order valence-electron chi connectivity index (χ2n) is 6.15. The Morgan fingerprint density at radius 1 is 1.29 bits per heavy atom. The number of rotatable bonds is 7. The Labute approximate surface area is 127 Å². The molecule has 6 nitrogen and oxygen atoms in total. The molecule has 0 aromatic rings. The van der Waals surface area contributed by atoms with E-state index in [1.165, 1.54) is 12.8 Å². The van der Waals surface area contributed by atoms with E-state index in [0.717, 1.165) is 19.7 Å². The molecule has 21 heavy (non-hydrogen) atoms. The Morgan fingerprint density at radius 3 is 2.52 bits per heavy atom. The van der Waals surface area contributed by atoms with E-state index in [2.05, 4.69) is 10.2 Å². The number of carbonyl (C=O) groups is 1. The summed E-state index contributed by atoms with van der Waals surface area (Å²) in [5, 5.41) is 3.03. The van der Waals surface area contributed by atoms with Gasteiger partial charge in [0.1, 0.15) is 0 Å². The van der Waals surface area contributed by atoms with Crippen LogP contribution in [0.3, 0.4) is 0 Å². The van der Waals surface area contributed by atoms with Crippen molar-refractivity contribution in [3.63, 3.8) is 0 Å². The number of hydrogen-bond donors (Lipinski definition) is 1. The molecule has 0 unspecified atom stereocenters. The predicted molar refractivity (Wildman–Crippen MR) is 81.5 cm³/mol. The molecule has 1 aliphatic heterocycles. The Hall–Kier alpha value is -0.850. The summed E-state index contributed by atoms with van der Waals surface area (Å²) in [6.07, 6.45) is 2.78. The fourth-order valence-electron chi connectivity index (χ4n) is 2.89. The zero-order chi connectivity index (χ0) is 15.2. The highest BCUT2D eigenvalue weighted by Gasteiger charge is 2.29. The third kappa shape index (κ3) is 5.45. The van der Waals surface area contributed by atoms with Crippen LogP contribution in [0.25, 0.3) is 0 Å². The smallest absolute Gasteiger partial charge is 0.317 e. The second kappa shape index (κ2) is 7.96. The van der Waals surface area contributed by atoms with E-state index in [1.54, 1.807) is 7.11 Å². The highest BCUT2D eigenvalue weighted by atomic mass is 16.5. The molecule has 6 heteroatoms. The van der Waals surface area contributed by atoms with Gasteiger partial charge in [0.2, 0.25) is 0 Å². The molecule has 2 aliphatic rings. The van der Waals surface area contributed by atoms with Gasteiger partial charge in [-0.25, -0.2) is 4.79 Å². The van der Waals surface area contributed by atoms with Crippen LogP contribution in [0.15, 0.2) is 0 Å². The normalized spacial score (nSPS) is 26.2. The number of ether oxygens (including phenoxy) is 2. The summed E-state index contributed by atoms with van der Waals surface area (Å²) in [6.45, 7) is 8.66. The van der Waals surface area contributed by atoms with Crippen molar-refractivity contribution < 1.29 is 14.3 Å². The largest absolute Gasteiger partial charge is 0.383 e.